The molecule has 2 aromatic rings. The first kappa shape index (κ1) is 24.6. The van der Waals surface area contributed by atoms with Crippen LogP contribution in [0.25, 0.3) is 0 Å². The van der Waals surface area contributed by atoms with Gasteiger partial charge in [0.15, 0.2) is 5.69 Å². The Bertz CT molecular complexity index is 1080. The largest absolute Gasteiger partial charge is 0.437 e. The molecule has 4 heterocycles. The number of aromatic nitrogens is 2. The highest BCUT2D eigenvalue weighted by molar-refractivity contribution is 5.96. The number of carbonyl (C=O) groups is 2. The summed E-state index contributed by atoms with van der Waals surface area (Å²) in [5.74, 6) is -0.0425. The summed E-state index contributed by atoms with van der Waals surface area (Å²) in [6.07, 6.45) is 2.09. The highest BCUT2D eigenvalue weighted by Gasteiger charge is 2.41. The maximum Gasteiger partial charge on any atom is 0.437 e. The molecule has 3 fully saturated rings. The minimum atomic E-state index is -4.78. The van der Waals surface area contributed by atoms with Crippen LogP contribution in [0, 0.1) is 5.92 Å². The van der Waals surface area contributed by atoms with E-state index in [1.165, 1.54) is 6.20 Å². The zero-order valence-electron chi connectivity index (χ0n) is 20.1. The molecule has 0 radical (unpaired) electrons. The van der Waals surface area contributed by atoms with Gasteiger partial charge in [0.05, 0.1) is 0 Å². The maximum atomic E-state index is 13.6. The van der Waals surface area contributed by atoms with E-state index in [0.29, 0.717) is 63.0 Å². The van der Waals surface area contributed by atoms with Crippen LogP contribution in [0.4, 0.5) is 25.0 Å². The van der Waals surface area contributed by atoms with Crippen molar-refractivity contribution in [2.24, 2.45) is 5.92 Å². The van der Waals surface area contributed by atoms with Crippen LogP contribution < -0.4 is 9.80 Å². The summed E-state index contributed by atoms with van der Waals surface area (Å²) >= 11 is 0. The third-order valence-electron chi connectivity index (χ3n) is 7.05. The van der Waals surface area contributed by atoms with Crippen LogP contribution in [-0.2, 0) is 17.4 Å². The van der Waals surface area contributed by atoms with Crippen LogP contribution in [-0.4, -0.2) is 65.8 Å². The Kier molecular flexibility index (Phi) is 6.90. The van der Waals surface area contributed by atoms with Crippen LogP contribution in [0.3, 0.4) is 0 Å². The SMILES string of the molecule is O=C(Cc1ccc(N2CCN(C(=O)CC3CC3)CC2)nc1)c1oc(N2CCCCC2)nc1C(F)(F)F. The molecule has 0 bridgehead atoms. The van der Waals surface area contributed by atoms with Crippen molar-refractivity contribution >= 4 is 23.5 Å². The second kappa shape index (κ2) is 10.1. The number of halogens is 3. The molecule has 1 saturated carbocycles. The smallest absolute Gasteiger partial charge is 0.420 e. The number of carbonyl (C=O) groups excluding carboxylic acids is 2. The Hall–Kier alpha value is -3.11. The number of rotatable bonds is 7. The number of nitrogens with zero attached hydrogens (tertiary/aromatic N) is 5. The molecular formula is C25H30F3N5O3. The second-order valence-corrected chi connectivity index (χ2v) is 9.86. The number of hydrogen-bond donors (Lipinski definition) is 0. The average Bonchev–Trinajstić information content (AvgIpc) is 3.56. The zero-order chi connectivity index (χ0) is 25.3. The Morgan fingerprint density at radius 2 is 1.69 bits per heavy atom. The lowest BCUT2D eigenvalue weighted by molar-refractivity contribution is -0.141. The maximum absolute atomic E-state index is 13.6. The van der Waals surface area contributed by atoms with Crippen molar-refractivity contribution in [2.45, 2.75) is 51.1 Å². The Morgan fingerprint density at radius 1 is 0.972 bits per heavy atom. The van der Waals surface area contributed by atoms with Crippen molar-refractivity contribution in [2.75, 3.05) is 49.1 Å². The fourth-order valence-corrected chi connectivity index (χ4v) is 4.77. The first-order valence-corrected chi connectivity index (χ1v) is 12.6. The van der Waals surface area contributed by atoms with Gasteiger partial charge in [-0.05, 0) is 49.7 Å². The molecule has 3 aliphatic rings. The Balaban J connectivity index is 1.21. The molecule has 1 aliphatic carbocycles. The molecule has 11 heteroatoms. The Morgan fingerprint density at radius 3 is 2.31 bits per heavy atom. The van der Waals surface area contributed by atoms with Crippen LogP contribution in [0.5, 0.6) is 0 Å². The van der Waals surface area contributed by atoms with Crippen molar-refractivity contribution in [3.8, 4) is 0 Å². The highest BCUT2D eigenvalue weighted by atomic mass is 19.4. The monoisotopic (exact) mass is 505 g/mol. The number of amides is 1. The molecule has 2 aliphatic heterocycles. The van der Waals surface area contributed by atoms with E-state index in [-0.39, 0.29) is 18.3 Å². The molecular weight excluding hydrogens is 475 g/mol. The van der Waals surface area contributed by atoms with Crippen molar-refractivity contribution in [3.63, 3.8) is 0 Å². The van der Waals surface area contributed by atoms with Gasteiger partial charge in [-0.25, -0.2) is 4.98 Å². The normalized spacial score (nSPS) is 19.0. The van der Waals surface area contributed by atoms with Crippen LogP contribution in [0.2, 0.25) is 0 Å². The lowest BCUT2D eigenvalue weighted by atomic mass is 10.1. The topological polar surface area (TPSA) is 82.8 Å². The second-order valence-electron chi connectivity index (χ2n) is 9.86. The van der Waals surface area contributed by atoms with Crippen molar-refractivity contribution < 1.29 is 27.2 Å². The fraction of sp³-hybridized carbons (Fsp3) is 0.600. The predicted molar refractivity (Wildman–Crippen MR) is 126 cm³/mol. The molecule has 0 atom stereocenters. The van der Waals surface area contributed by atoms with E-state index < -0.39 is 23.4 Å². The lowest BCUT2D eigenvalue weighted by Gasteiger charge is -2.35. The zero-order valence-corrected chi connectivity index (χ0v) is 20.1. The van der Waals surface area contributed by atoms with Gasteiger partial charge in [0.2, 0.25) is 17.5 Å². The van der Waals surface area contributed by atoms with E-state index in [0.717, 1.165) is 32.1 Å². The van der Waals surface area contributed by atoms with Gasteiger partial charge in [-0.1, -0.05) is 6.07 Å². The van der Waals surface area contributed by atoms with Gasteiger partial charge < -0.3 is 19.1 Å². The Labute approximate surface area is 207 Å². The van der Waals surface area contributed by atoms with Gasteiger partial charge in [0, 0.05) is 58.3 Å². The van der Waals surface area contributed by atoms with Crippen LogP contribution in [0.1, 0.15) is 60.3 Å². The first-order valence-electron chi connectivity index (χ1n) is 12.6. The number of piperazine rings is 1. The van der Waals surface area contributed by atoms with Crippen LogP contribution >= 0.6 is 0 Å². The molecule has 0 spiro atoms. The van der Waals surface area contributed by atoms with Crippen LogP contribution in [0.15, 0.2) is 22.7 Å². The third-order valence-corrected chi connectivity index (χ3v) is 7.05. The molecule has 0 aromatic carbocycles. The minimum absolute atomic E-state index is 0.145. The molecule has 2 aromatic heterocycles. The fourth-order valence-electron chi connectivity index (χ4n) is 4.77. The standard InChI is InChI=1S/C25H30F3N5O3/c26-25(27,28)23-22(36-24(30-23)33-8-2-1-3-9-33)19(34)14-18-6-7-20(29-16-18)31-10-12-32(13-11-31)21(35)15-17-4-5-17/h6-7,16-17H,1-5,8-15H2. The molecule has 0 unspecified atom stereocenters. The van der Waals surface area contributed by atoms with Gasteiger partial charge in [-0.2, -0.15) is 18.2 Å². The summed E-state index contributed by atoms with van der Waals surface area (Å²) in [6.45, 7) is 3.71. The van der Waals surface area contributed by atoms with E-state index >= 15 is 0 Å². The van der Waals surface area contributed by atoms with E-state index in [1.807, 2.05) is 4.90 Å². The summed E-state index contributed by atoms with van der Waals surface area (Å²) in [5.41, 5.74) is -0.780. The van der Waals surface area contributed by atoms with Crippen molar-refractivity contribution in [1.29, 1.82) is 0 Å². The summed E-state index contributed by atoms with van der Waals surface area (Å²) in [4.78, 5) is 38.8. The molecule has 8 nitrogen and oxygen atoms in total. The van der Waals surface area contributed by atoms with Crippen molar-refractivity contribution in [3.05, 3.63) is 35.3 Å². The number of anilines is 2. The number of alkyl halides is 3. The first-order chi connectivity index (χ1) is 17.3. The van der Waals surface area contributed by atoms with Crippen molar-refractivity contribution in [1.82, 2.24) is 14.9 Å². The molecule has 194 valence electrons. The summed E-state index contributed by atoms with van der Waals surface area (Å²) in [7, 11) is 0. The van der Waals surface area contributed by atoms with Gasteiger partial charge in [-0.3, -0.25) is 9.59 Å². The summed E-state index contributed by atoms with van der Waals surface area (Å²) in [6, 6.07) is 3.31. The van der Waals surface area contributed by atoms with Gasteiger partial charge >= 0.3 is 6.18 Å². The number of piperidine rings is 1. The van der Waals surface area contributed by atoms with E-state index in [1.54, 1.807) is 17.0 Å². The number of Topliss-reactive ketones (excluding diaryl/α,β-unsaturated/α-hetero) is 1. The van der Waals surface area contributed by atoms with Gasteiger partial charge in [-0.15, -0.1) is 0 Å². The van der Waals surface area contributed by atoms with E-state index in [4.69, 9.17) is 4.42 Å². The van der Waals surface area contributed by atoms with E-state index in [2.05, 4.69) is 14.9 Å². The highest BCUT2D eigenvalue weighted by Crippen LogP contribution is 2.35. The molecule has 1 amide bonds. The predicted octanol–water partition coefficient (Wildman–Crippen LogP) is 3.95. The number of ketones is 1. The number of pyridine rings is 1. The quantitative estimate of drug-likeness (QED) is 0.527. The lowest BCUT2D eigenvalue weighted by Crippen LogP contribution is -2.49. The van der Waals surface area contributed by atoms with E-state index in [9.17, 15) is 22.8 Å². The summed E-state index contributed by atoms with van der Waals surface area (Å²) < 4.78 is 46.2. The molecule has 0 N–H and O–H groups in total. The van der Waals surface area contributed by atoms with Gasteiger partial charge in [0.25, 0.3) is 6.01 Å². The molecule has 2 saturated heterocycles. The number of hydrogen-bond acceptors (Lipinski definition) is 7. The number of oxazole rings is 1. The van der Waals surface area contributed by atoms with Gasteiger partial charge in [0.1, 0.15) is 5.82 Å². The molecule has 36 heavy (non-hydrogen) atoms. The average molecular weight is 506 g/mol. The third kappa shape index (κ3) is 5.65. The minimum Gasteiger partial charge on any atom is -0.420 e. The molecule has 5 rings (SSSR count). The summed E-state index contributed by atoms with van der Waals surface area (Å²) in [5, 5.41) is 0.